The fourth-order valence-corrected chi connectivity index (χ4v) is 3.02. The van der Waals surface area contributed by atoms with Crippen LogP contribution in [0.1, 0.15) is 30.4 Å². The van der Waals surface area contributed by atoms with Gasteiger partial charge in [0.15, 0.2) is 0 Å². The molecule has 0 N–H and O–H groups in total. The molecule has 1 heterocycles. The van der Waals surface area contributed by atoms with Gasteiger partial charge < -0.3 is 9.47 Å². The Hall–Kier alpha value is -1.77. The molecule has 18 heavy (non-hydrogen) atoms. The number of hydrogen-bond acceptors (Lipinski definition) is 3. The van der Waals surface area contributed by atoms with Crippen molar-refractivity contribution in [1.82, 2.24) is 0 Å². The van der Waals surface area contributed by atoms with Crippen LogP contribution >= 0.6 is 0 Å². The largest absolute Gasteiger partial charge is 0.497 e. The van der Waals surface area contributed by atoms with Gasteiger partial charge in [0.05, 0.1) is 7.11 Å². The maximum Gasteiger partial charge on any atom is 0.334 e. The van der Waals surface area contributed by atoms with Crippen LogP contribution in [0.2, 0.25) is 0 Å². The summed E-state index contributed by atoms with van der Waals surface area (Å²) in [5.74, 6) is 0.550. The van der Waals surface area contributed by atoms with Gasteiger partial charge >= 0.3 is 5.97 Å². The van der Waals surface area contributed by atoms with Crippen molar-refractivity contribution in [3.63, 3.8) is 0 Å². The van der Waals surface area contributed by atoms with E-state index in [2.05, 4.69) is 12.6 Å². The summed E-state index contributed by atoms with van der Waals surface area (Å²) in [6.45, 7) is 3.79. The standard InChI is InChI=1S/C15H16O3/c1-10-9-15(18-14(10)16)7-3-4-11-5-6-12(17-2)8-13(11)15/h5-6,8H,1,3-4,7,9H2,2H3. The van der Waals surface area contributed by atoms with Gasteiger partial charge in [0.25, 0.3) is 0 Å². The molecule has 0 saturated carbocycles. The predicted molar refractivity (Wildman–Crippen MR) is 67.5 cm³/mol. The highest BCUT2D eigenvalue weighted by Crippen LogP contribution is 2.47. The second-order valence-electron chi connectivity index (χ2n) is 5.04. The minimum atomic E-state index is -0.490. The van der Waals surface area contributed by atoms with E-state index >= 15 is 0 Å². The Morgan fingerprint density at radius 3 is 2.94 bits per heavy atom. The van der Waals surface area contributed by atoms with E-state index < -0.39 is 5.60 Å². The molecule has 1 aliphatic carbocycles. The topological polar surface area (TPSA) is 35.5 Å². The summed E-state index contributed by atoms with van der Waals surface area (Å²) in [6.07, 6.45) is 3.55. The first-order valence-corrected chi connectivity index (χ1v) is 6.23. The molecule has 3 rings (SSSR count). The van der Waals surface area contributed by atoms with E-state index in [4.69, 9.17) is 9.47 Å². The minimum Gasteiger partial charge on any atom is -0.497 e. The number of hydrogen-bond donors (Lipinski definition) is 0. The minimum absolute atomic E-state index is 0.259. The first-order valence-electron chi connectivity index (χ1n) is 6.23. The second kappa shape index (κ2) is 3.87. The van der Waals surface area contributed by atoms with E-state index in [9.17, 15) is 4.79 Å². The van der Waals surface area contributed by atoms with Crippen molar-refractivity contribution in [2.75, 3.05) is 7.11 Å². The molecule has 1 aromatic carbocycles. The summed E-state index contributed by atoms with van der Waals surface area (Å²) in [5.41, 5.74) is 2.44. The van der Waals surface area contributed by atoms with E-state index in [0.717, 1.165) is 30.6 Å². The lowest BCUT2D eigenvalue weighted by atomic mass is 9.77. The second-order valence-corrected chi connectivity index (χ2v) is 5.04. The number of carbonyl (C=O) groups excluding carboxylic acids is 1. The lowest BCUT2D eigenvalue weighted by molar-refractivity contribution is -0.148. The number of aryl methyl sites for hydroxylation is 1. The zero-order chi connectivity index (χ0) is 12.8. The molecule has 0 aromatic heterocycles. The average molecular weight is 244 g/mol. The Bertz CT molecular complexity index is 515. The average Bonchev–Trinajstić information content (AvgIpc) is 2.65. The van der Waals surface area contributed by atoms with Crippen molar-refractivity contribution in [2.45, 2.75) is 31.3 Å². The monoisotopic (exact) mass is 244 g/mol. The van der Waals surface area contributed by atoms with Gasteiger partial charge in [-0.3, -0.25) is 0 Å². The van der Waals surface area contributed by atoms with Crippen LogP contribution in [0.15, 0.2) is 30.4 Å². The number of methoxy groups -OCH3 is 1. The molecule has 2 aliphatic rings. The zero-order valence-electron chi connectivity index (χ0n) is 10.5. The van der Waals surface area contributed by atoms with Crippen LogP contribution < -0.4 is 4.74 Å². The molecule has 3 nitrogen and oxygen atoms in total. The first kappa shape index (κ1) is 11.3. The van der Waals surface area contributed by atoms with Gasteiger partial charge in [-0.2, -0.15) is 0 Å². The molecule has 1 spiro atoms. The van der Waals surface area contributed by atoms with E-state index in [1.54, 1.807) is 7.11 Å². The molecule has 1 aromatic rings. The van der Waals surface area contributed by atoms with Crippen molar-refractivity contribution in [3.05, 3.63) is 41.5 Å². The summed E-state index contributed by atoms with van der Waals surface area (Å²) in [6, 6.07) is 6.04. The number of benzene rings is 1. The maximum atomic E-state index is 11.7. The Kier molecular flexibility index (Phi) is 2.44. The van der Waals surface area contributed by atoms with Gasteiger partial charge in [0, 0.05) is 17.6 Å². The zero-order valence-corrected chi connectivity index (χ0v) is 10.5. The molecule has 1 unspecified atom stereocenters. The third-order valence-corrected chi connectivity index (χ3v) is 3.91. The van der Waals surface area contributed by atoms with Crippen molar-refractivity contribution in [2.24, 2.45) is 0 Å². The molecule has 1 saturated heterocycles. The molecule has 1 fully saturated rings. The van der Waals surface area contributed by atoms with Crippen LogP contribution in [0.4, 0.5) is 0 Å². The third kappa shape index (κ3) is 1.54. The molecule has 1 aliphatic heterocycles. The normalized spacial score (nSPS) is 26.1. The predicted octanol–water partition coefficient (Wildman–Crippen LogP) is 2.73. The highest BCUT2D eigenvalue weighted by atomic mass is 16.6. The van der Waals surface area contributed by atoms with Crippen LogP contribution in [0.3, 0.4) is 0 Å². The van der Waals surface area contributed by atoms with Gasteiger partial charge in [-0.1, -0.05) is 12.6 Å². The molecule has 94 valence electrons. The van der Waals surface area contributed by atoms with Crippen LogP contribution in [0, 0.1) is 0 Å². The molecule has 1 atom stereocenters. The first-order chi connectivity index (χ1) is 8.64. The number of ether oxygens (including phenoxy) is 2. The van der Waals surface area contributed by atoms with Gasteiger partial charge in [0.1, 0.15) is 11.4 Å². The number of carbonyl (C=O) groups is 1. The number of rotatable bonds is 1. The smallest absolute Gasteiger partial charge is 0.334 e. The van der Waals surface area contributed by atoms with Crippen LogP contribution in [-0.4, -0.2) is 13.1 Å². The van der Waals surface area contributed by atoms with Gasteiger partial charge in [-0.25, -0.2) is 4.79 Å². The van der Waals surface area contributed by atoms with Crippen molar-refractivity contribution in [1.29, 1.82) is 0 Å². The van der Waals surface area contributed by atoms with Crippen molar-refractivity contribution < 1.29 is 14.3 Å². The van der Waals surface area contributed by atoms with Crippen molar-refractivity contribution >= 4 is 5.97 Å². The Balaban J connectivity index is 2.11. The SMILES string of the molecule is C=C1CC2(CCCc3ccc(OC)cc32)OC1=O. The van der Waals surface area contributed by atoms with Gasteiger partial charge in [0.2, 0.25) is 0 Å². The van der Waals surface area contributed by atoms with E-state index in [1.165, 1.54) is 5.56 Å². The summed E-state index contributed by atoms with van der Waals surface area (Å²) in [5, 5.41) is 0. The lowest BCUT2D eigenvalue weighted by Gasteiger charge is -2.34. The maximum absolute atomic E-state index is 11.7. The molecular weight excluding hydrogens is 228 g/mol. The van der Waals surface area contributed by atoms with Crippen molar-refractivity contribution in [3.8, 4) is 5.75 Å². The lowest BCUT2D eigenvalue weighted by Crippen LogP contribution is -2.30. The van der Waals surface area contributed by atoms with E-state index in [-0.39, 0.29) is 5.97 Å². The van der Waals surface area contributed by atoms with Crippen LogP contribution in [0.5, 0.6) is 5.75 Å². The van der Waals surface area contributed by atoms with E-state index in [0.29, 0.717) is 12.0 Å². The quantitative estimate of drug-likeness (QED) is 0.563. The highest BCUT2D eigenvalue weighted by molar-refractivity contribution is 5.90. The van der Waals surface area contributed by atoms with Gasteiger partial charge in [-0.15, -0.1) is 0 Å². The summed E-state index contributed by atoms with van der Waals surface area (Å²) >= 11 is 0. The van der Waals surface area contributed by atoms with Crippen LogP contribution in [-0.2, 0) is 21.6 Å². The highest BCUT2D eigenvalue weighted by Gasteiger charge is 2.46. The van der Waals surface area contributed by atoms with Crippen LogP contribution in [0.25, 0.3) is 0 Å². The van der Waals surface area contributed by atoms with Gasteiger partial charge in [-0.05, 0) is 37.0 Å². The summed E-state index contributed by atoms with van der Waals surface area (Å²) in [7, 11) is 1.65. The molecule has 0 radical (unpaired) electrons. The Morgan fingerprint density at radius 1 is 1.44 bits per heavy atom. The fraction of sp³-hybridized carbons (Fsp3) is 0.400. The molecule has 0 bridgehead atoms. The molecule has 3 heteroatoms. The third-order valence-electron chi connectivity index (χ3n) is 3.91. The fourth-order valence-electron chi connectivity index (χ4n) is 3.02. The molecule has 0 amide bonds. The van der Waals surface area contributed by atoms with E-state index in [1.807, 2.05) is 12.1 Å². The summed E-state index contributed by atoms with van der Waals surface area (Å²) < 4.78 is 10.9. The Labute approximate surface area is 106 Å². The summed E-state index contributed by atoms with van der Waals surface area (Å²) in [4.78, 5) is 11.7. The number of fused-ring (bicyclic) bond motifs is 2. The number of esters is 1. The molecular formula is C15H16O3. The Morgan fingerprint density at radius 2 is 2.28 bits per heavy atom.